The van der Waals surface area contributed by atoms with Crippen LogP contribution < -0.4 is 5.32 Å². The highest BCUT2D eigenvalue weighted by atomic mass is 16.5. The zero-order valence-electron chi connectivity index (χ0n) is 16.5. The minimum absolute atomic E-state index is 0.366. The van der Waals surface area contributed by atoms with Crippen LogP contribution in [-0.2, 0) is 9.53 Å². The van der Waals surface area contributed by atoms with Gasteiger partial charge in [-0.2, -0.15) is 5.26 Å². The summed E-state index contributed by atoms with van der Waals surface area (Å²) < 4.78 is 6.93. The number of carbonyl (C=O) groups is 2. The number of rotatable bonds is 5. The van der Waals surface area contributed by atoms with Crippen LogP contribution in [0.25, 0.3) is 5.69 Å². The third-order valence-electron chi connectivity index (χ3n) is 4.72. The standard InChI is InChI=1S/C23H21N3O3/c1-15-9-11-18(12-10-15)23(28)29-14-21(27)25-22-20(13-24)16(2)17(3)26(22)19-7-5-4-6-8-19/h4-12H,14H2,1-3H3,(H,25,27). The molecule has 1 heterocycles. The molecule has 29 heavy (non-hydrogen) atoms. The normalized spacial score (nSPS) is 10.3. The van der Waals surface area contributed by atoms with E-state index in [4.69, 9.17) is 4.74 Å². The number of benzene rings is 2. The number of aryl methyl sites for hydroxylation is 1. The smallest absolute Gasteiger partial charge is 0.338 e. The molecule has 0 aliphatic carbocycles. The second-order valence-corrected chi connectivity index (χ2v) is 6.71. The highest BCUT2D eigenvalue weighted by molar-refractivity contribution is 5.96. The van der Waals surface area contributed by atoms with Gasteiger partial charge in [-0.05, 0) is 50.6 Å². The Morgan fingerprint density at radius 2 is 1.69 bits per heavy atom. The van der Waals surface area contributed by atoms with Gasteiger partial charge < -0.3 is 10.1 Å². The molecular formula is C23H21N3O3. The maximum Gasteiger partial charge on any atom is 0.338 e. The van der Waals surface area contributed by atoms with Crippen LogP contribution in [0, 0.1) is 32.1 Å². The molecule has 3 aromatic rings. The molecule has 6 heteroatoms. The molecule has 0 saturated carbocycles. The summed E-state index contributed by atoms with van der Waals surface area (Å²) in [6.45, 7) is 5.19. The molecule has 0 aliphatic rings. The van der Waals surface area contributed by atoms with Crippen LogP contribution in [0.4, 0.5) is 5.82 Å². The number of anilines is 1. The van der Waals surface area contributed by atoms with Crippen molar-refractivity contribution in [2.75, 3.05) is 11.9 Å². The summed E-state index contributed by atoms with van der Waals surface area (Å²) in [5.74, 6) is -0.729. The van der Waals surface area contributed by atoms with E-state index in [0.29, 0.717) is 16.9 Å². The number of esters is 1. The van der Waals surface area contributed by atoms with Crippen molar-refractivity contribution in [2.45, 2.75) is 20.8 Å². The second-order valence-electron chi connectivity index (χ2n) is 6.71. The van der Waals surface area contributed by atoms with E-state index >= 15 is 0 Å². The molecule has 0 spiro atoms. The Kier molecular flexibility index (Phi) is 5.79. The molecule has 0 fully saturated rings. The first-order chi connectivity index (χ1) is 13.9. The lowest BCUT2D eigenvalue weighted by Crippen LogP contribution is -2.22. The molecule has 1 aromatic heterocycles. The van der Waals surface area contributed by atoms with E-state index in [9.17, 15) is 14.9 Å². The van der Waals surface area contributed by atoms with Gasteiger partial charge in [0, 0.05) is 11.4 Å². The lowest BCUT2D eigenvalue weighted by Gasteiger charge is -2.13. The predicted molar refractivity (Wildman–Crippen MR) is 110 cm³/mol. The summed E-state index contributed by atoms with van der Waals surface area (Å²) in [7, 11) is 0. The van der Waals surface area contributed by atoms with Crippen molar-refractivity contribution >= 4 is 17.7 Å². The van der Waals surface area contributed by atoms with Crippen molar-refractivity contribution in [3.63, 3.8) is 0 Å². The van der Waals surface area contributed by atoms with Crippen LogP contribution in [0.1, 0.15) is 32.7 Å². The zero-order chi connectivity index (χ0) is 21.0. The molecule has 6 nitrogen and oxygen atoms in total. The summed E-state index contributed by atoms with van der Waals surface area (Å²) >= 11 is 0. The second kappa shape index (κ2) is 8.44. The molecule has 1 N–H and O–H groups in total. The monoisotopic (exact) mass is 387 g/mol. The number of ether oxygens (including phenoxy) is 1. The minimum Gasteiger partial charge on any atom is -0.452 e. The van der Waals surface area contributed by atoms with Crippen molar-refractivity contribution in [3.05, 3.63) is 82.5 Å². The molecule has 3 rings (SSSR count). The van der Waals surface area contributed by atoms with Crippen molar-refractivity contribution in [3.8, 4) is 11.8 Å². The quantitative estimate of drug-likeness (QED) is 0.669. The van der Waals surface area contributed by atoms with E-state index in [0.717, 1.165) is 22.5 Å². The Bertz CT molecular complexity index is 1090. The Balaban J connectivity index is 1.80. The molecular weight excluding hydrogens is 366 g/mol. The van der Waals surface area contributed by atoms with Crippen LogP contribution >= 0.6 is 0 Å². The number of nitrogens with one attached hydrogen (secondary N) is 1. The van der Waals surface area contributed by atoms with Gasteiger partial charge in [-0.25, -0.2) is 4.79 Å². The third kappa shape index (κ3) is 4.19. The maximum absolute atomic E-state index is 12.5. The van der Waals surface area contributed by atoms with E-state index in [2.05, 4.69) is 11.4 Å². The summed E-state index contributed by atoms with van der Waals surface area (Å²) in [6.07, 6.45) is 0. The Morgan fingerprint density at radius 3 is 2.31 bits per heavy atom. The van der Waals surface area contributed by atoms with Gasteiger partial charge in [-0.3, -0.25) is 9.36 Å². The van der Waals surface area contributed by atoms with Crippen molar-refractivity contribution in [1.29, 1.82) is 5.26 Å². The molecule has 1 amide bonds. The molecule has 146 valence electrons. The maximum atomic E-state index is 12.5. The van der Waals surface area contributed by atoms with Gasteiger partial charge in [-0.1, -0.05) is 35.9 Å². The van der Waals surface area contributed by atoms with Gasteiger partial charge in [0.2, 0.25) is 0 Å². The lowest BCUT2D eigenvalue weighted by molar-refractivity contribution is -0.119. The summed E-state index contributed by atoms with van der Waals surface area (Å²) in [5.41, 5.74) is 4.23. The first-order valence-corrected chi connectivity index (χ1v) is 9.13. The van der Waals surface area contributed by atoms with E-state index in [1.165, 1.54) is 0 Å². The minimum atomic E-state index is -0.577. The number of nitriles is 1. The average molecular weight is 387 g/mol. The predicted octanol–water partition coefficient (Wildman–Crippen LogP) is 4.07. The molecule has 0 aliphatic heterocycles. The number of carbonyl (C=O) groups excluding carboxylic acids is 2. The topological polar surface area (TPSA) is 84.1 Å². The van der Waals surface area contributed by atoms with Gasteiger partial charge in [0.05, 0.1) is 11.1 Å². The molecule has 2 aromatic carbocycles. The highest BCUT2D eigenvalue weighted by Gasteiger charge is 2.21. The fourth-order valence-corrected chi connectivity index (χ4v) is 3.03. The number of aromatic nitrogens is 1. The largest absolute Gasteiger partial charge is 0.452 e. The fraction of sp³-hybridized carbons (Fsp3) is 0.174. The van der Waals surface area contributed by atoms with Gasteiger partial charge in [0.15, 0.2) is 6.61 Å². The number of hydrogen-bond donors (Lipinski definition) is 1. The molecule has 0 atom stereocenters. The van der Waals surface area contributed by atoms with Crippen LogP contribution in [0.5, 0.6) is 0 Å². The molecule has 0 unspecified atom stereocenters. The Labute approximate surface area is 169 Å². The van der Waals surface area contributed by atoms with Gasteiger partial charge in [0.25, 0.3) is 5.91 Å². The van der Waals surface area contributed by atoms with Gasteiger partial charge in [0.1, 0.15) is 11.9 Å². The van der Waals surface area contributed by atoms with Gasteiger partial charge >= 0.3 is 5.97 Å². The van der Waals surface area contributed by atoms with Crippen molar-refractivity contribution in [1.82, 2.24) is 4.57 Å². The summed E-state index contributed by atoms with van der Waals surface area (Å²) in [6, 6.07) is 18.5. The molecule has 0 bridgehead atoms. The third-order valence-corrected chi connectivity index (χ3v) is 4.72. The van der Waals surface area contributed by atoms with Crippen LogP contribution in [-0.4, -0.2) is 23.1 Å². The number of hydrogen-bond acceptors (Lipinski definition) is 4. The first-order valence-electron chi connectivity index (χ1n) is 9.13. The van der Waals surface area contributed by atoms with Crippen LogP contribution in [0.3, 0.4) is 0 Å². The van der Waals surface area contributed by atoms with Gasteiger partial charge in [-0.15, -0.1) is 0 Å². The van der Waals surface area contributed by atoms with E-state index in [1.54, 1.807) is 24.3 Å². The SMILES string of the molecule is Cc1ccc(C(=O)OCC(=O)Nc2c(C#N)c(C)c(C)n2-c2ccccc2)cc1. The van der Waals surface area contributed by atoms with Crippen molar-refractivity contribution in [2.24, 2.45) is 0 Å². The lowest BCUT2D eigenvalue weighted by atomic mass is 10.1. The van der Waals surface area contributed by atoms with E-state index in [1.807, 2.05) is 55.7 Å². The van der Waals surface area contributed by atoms with Crippen LogP contribution in [0.15, 0.2) is 54.6 Å². The number of para-hydroxylation sites is 1. The fourth-order valence-electron chi connectivity index (χ4n) is 3.03. The van der Waals surface area contributed by atoms with E-state index in [-0.39, 0.29) is 0 Å². The summed E-state index contributed by atoms with van der Waals surface area (Å²) in [4.78, 5) is 24.6. The Morgan fingerprint density at radius 1 is 1.03 bits per heavy atom. The summed E-state index contributed by atoms with van der Waals surface area (Å²) in [5, 5.41) is 12.3. The first kappa shape index (κ1) is 19.9. The zero-order valence-corrected chi connectivity index (χ0v) is 16.5. The molecule has 0 saturated heterocycles. The van der Waals surface area contributed by atoms with Crippen LogP contribution in [0.2, 0.25) is 0 Å². The number of nitrogens with zero attached hydrogens (tertiary/aromatic N) is 2. The Hall–Kier alpha value is -3.85. The average Bonchev–Trinajstić information content (AvgIpc) is 2.96. The van der Waals surface area contributed by atoms with Crippen molar-refractivity contribution < 1.29 is 14.3 Å². The highest BCUT2D eigenvalue weighted by Crippen LogP contribution is 2.29. The molecule has 0 radical (unpaired) electrons. The van der Waals surface area contributed by atoms with E-state index < -0.39 is 18.5 Å². The number of amides is 1.